The van der Waals surface area contributed by atoms with Crippen molar-refractivity contribution in [2.24, 2.45) is 17.3 Å². The van der Waals surface area contributed by atoms with Crippen LogP contribution >= 0.6 is 0 Å². The molecule has 150 valence electrons. The highest BCUT2D eigenvalue weighted by Gasteiger charge is 2.72. The van der Waals surface area contributed by atoms with Crippen molar-refractivity contribution in [1.29, 1.82) is 0 Å². The molecule has 3 rings (SSSR count). The minimum atomic E-state index is -1.18. The second kappa shape index (κ2) is 7.06. The van der Waals surface area contributed by atoms with Crippen molar-refractivity contribution in [1.82, 2.24) is 0 Å². The molecule has 2 saturated carbocycles. The summed E-state index contributed by atoms with van der Waals surface area (Å²) in [5, 5.41) is 20.9. The van der Waals surface area contributed by atoms with Crippen molar-refractivity contribution in [3.8, 4) is 0 Å². The fourth-order valence-electron chi connectivity index (χ4n) is 5.41. The molecule has 2 aliphatic carbocycles. The fraction of sp³-hybridized carbons (Fsp3) is 0.714. The van der Waals surface area contributed by atoms with E-state index in [1.807, 2.05) is 19.9 Å². The molecule has 0 spiro atoms. The van der Waals surface area contributed by atoms with Crippen LogP contribution in [-0.2, 0) is 19.1 Å². The number of carbonyl (C=O) groups is 2. The monoisotopic (exact) mass is 378 g/mol. The minimum absolute atomic E-state index is 0.0355. The van der Waals surface area contributed by atoms with Gasteiger partial charge in [0, 0.05) is 5.92 Å². The maximum atomic E-state index is 13.1. The third-order valence-corrected chi connectivity index (χ3v) is 7.05. The van der Waals surface area contributed by atoms with Crippen LogP contribution in [-0.4, -0.2) is 47.1 Å². The van der Waals surface area contributed by atoms with E-state index < -0.39 is 16.6 Å². The number of methoxy groups -OCH3 is 1. The fourth-order valence-corrected chi connectivity index (χ4v) is 5.41. The average Bonchev–Trinajstić information content (AvgIpc) is 2.77. The molecule has 2 N–H and O–H groups in total. The van der Waals surface area contributed by atoms with Gasteiger partial charge in [0.2, 0.25) is 0 Å². The van der Waals surface area contributed by atoms with Gasteiger partial charge in [-0.2, -0.15) is 0 Å². The van der Waals surface area contributed by atoms with E-state index in [1.165, 1.54) is 7.11 Å². The number of cyclic esters (lactones) is 1. The maximum Gasteiger partial charge on any atom is 0.315 e. The van der Waals surface area contributed by atoms with Gasteiger partial charge in [0.05, 0.1) is 30.7 Å². The molecule has 6 heteroatoms. The predicted octanol–water partition coefficient (Wildman–Crippen LogP) is 2.29. The third-order valence-electron chi connectivity index (χ3n) is 7.05. The van der Waals surface area contributed by atoms with Gasteiger partial charge in [-0.05, 0) is 64.0 Å². The lowest BCUT2D eigenvalue weighted by atomic mass is 9.62. The first-order chi connectivity index (χ1) is 12.7. The average molecular weight is 378 g/mol. The first-order valence-corrected chi connectivity index (χ1v) is 9.72. The molecule has 0 aromatic carbocycles. The molecule has 1 heterocycles. The topological polar surface area (TPSA) is 93.1 Å². The first kappa shape index (κ1) is 20.1. The molecule has 3 fully saturated rings. The zero-order valence-electron chi connectivity index (χ0n) is 16.4. The second-order valence-electron chi connectivity index (χ2n) is 8.50. The molecular formula is C21H30O6. The number of carbonyl (C=O) groups excluding carboxylic acids is 2. The van der Waals surface area contributed by atoms with Crippen molar-refractivity contribution >= 4 is 11.9 Å². The number of aliphatic hydroxyl groups excluding tert-OH is 1. The summed E-state index contributed by atoms with van der Waals surface area (Å²) in [6.07, 6.45) is 8.53. The molecule has 0 unspecified atom stereocenters. The molecule has 0 amide bonds. The lowest BCUT2D eigenvalue weighted by molar-refractivity contribution is -0.225. The Balaban J connectivity index is 1.93. The summed E-state index contributed by atoms with van der Waals surface area (Å²) in [6.45, 7) is 3.61. The minimum Gasteiger partial charge on any atom is -0.469 e. The maximum absolute atomic E-state index is 13.1. The number of aliphatic hydroxyl groups is 2. The van der Waals surface area contributed by atoms with Crippen LogP contribution in [0.5, 0.6) is 0 Å². The van der Waals surface area contributed by atoms with Crippen LogP contribution in [0.4, 0.5) is 0 Å². The quantitative estimate of drug-likeness (QED) is 0.576. The van der Waals surface area contributed by atoms with E-state index in [0.29, 0.717) is 38.5 Å². The van der Waals surface area contributed by atoms with Crippen LogP contribution in [0.2, 0.25) is 0 Å². The number of hydrogen-bond acceptors (Lipinski definition) is 6. The van der Waals surface area contributed by atoms with E-state index in [2.05, 4.69) is 0 Å². The van der Waals surface area contributed by atoms with Gasteiger partial charge < -0.3 is 19.7 Å². The predicted molar refractivity (Wildman–Crippen MR) is 98.6 cm³/mol. The first-order valence-electron chi connectivity index (χ1n) is 9.72. The number of hydrogen-bond donors (Lipinski definition) is 2. The van der Waals surface area contributed by atoms with Gasteiger partial charge in [-0.15, -0.1) is 0 Å². The van der Waals surface area contributed by atoms with Crippen LogP contribution in [0.25, 0.3) is 0 Å². The molecular weight excluding hydrogens is 348 g/mol. The summed E-state index contributed by atoms with van der Waals surface area (Å²) in [7, 11) is 1.37. The molecule has 1 saturated heterocycles. The highest BCUT2D eigenvalue weighted by molar-refractivity contribution is 5.82. The highest BCUT2D eigenvalue weighted by Crippen LogP contribution is 2.64. The Morgan fingerprint density at radius 3 is 2.63 bits per heavy atom. The van der Waals surface area contributed by atoms with E-state index in [-0.39, 0.29) is 30.4 Å². The standard InChI is InChI=1S/C21H30O6/c1-14(13-22)5-4-9-19(2)16-8-11-20(18(24)27-19)10-6-15(17(23)26-3)7-12-21(16,20)25/h4-5,9,15-16,22,25H,6-8,10-13H2,1-3H3/b9-4+,14-5+/t15-,16-,19+,20+,21-/m0/s1. The van der Waals surface area contributed by atoms with Gasteiger partial charge in [-0.3, -0.25) is 9.59 Å². The van der Waals surface area contributed by atoms with Crippen LogP contribution in [0, 0.1) is 17.3 Å². The van der Waals surface area contributed by atoms with Crippen molar-refractivity contribution in [2.75, 3.05) is 13.7 Å². The van der Waals surface area contributed by atoms with Crippen molar-refractivity contribution in [3.63, 3.8) is 0 Å². The molecule has 0 aromatic rings. The summed E-state index contributed by atoms with van der Waals surface area (Å²) in [4.78, 5) is 25.1. The van der Waals surface area contributed by atoms with Gasteiger partial charge in [-0.25, -0.2) is 0 Å². The summed E-state index contributed by atoms with van der Waals surface area (Å²) < 4.78 is 10.8. The van der Waals surface area contributed by atoms with E-state index in [4.69, 9.17) is 14.6 Å². The van der Waals surface area contributed by atoms with E-state index >= 15 is 0 Å². The lowest BCUT2D eigenvalue weighted by Gasteiger charge is -2.52. The second-order valence-corrected chi connectivity index (χ2v) is 8.50. The Morgan fingerprint density at radius 1 is 1.30 bits per heavy atom. The highest BCUT2D eigenvalue weighted by atomic mass is 16.6. The van der Waals surface area contributed by atoms with Crippen LogP contribution in [0.15, 0.2) is 23.8 Å². The molecule has 6 nitrogen and oxygen atoms in total. The van der Waals surface area contributed by atoms with E-state index in [9.17, 15) is 14.7 Å². The Hall–Kier alpha value is -1.66. The molecule has 3 aliphatic rings. The van der Waals surface area contributed by atoms with Gasteiger partial charge in [0.15, 0.2) is 0 Å². The van der Waals surface area contributed by atoms with Gasteiger partial charge in [0.25, 0.3) is 0 Å². The summed E-state index contributed by atoms with van der Waals surface area (Å²) in [6, 6.07) is 0. The number of allylic oxidation sites excluding steroid dienone is 2. The van der Waals surface area contributed by atoms with Crippen molar-refractivity contribution < 1.29 is 29.3 Å². The summed E-state index contributed by atoms with van der Waals surface area (Å²) >= 11 is 0. The van der Waals surface area contributed by atoms with Gasteiger partial charge >= 0.3 is 11.9 Å². The van der Waals surface area contributed by atoms with E-state index in [1.54, 1.807) is 12.2 Å². The van der Waals surface area contributed by atoms with Crippen LogP contribution < -0.4 is 0 Å². The smallest absolute Gasteiger partial charge is 0.315 e. The zero-order valence-corrected chi connectivity index (χ0v) is 16.4. The van der Waals surface area contributed by atoms with Gasteiger partial charge in [0.1, 0.15) is 5.60 Å². The zero-order chi connectivity index (χ0) is 19.9. The largest absolute Gasteiger partial charge is 0.469 e. The molecule has 1 aliphatic heterocycles. The van der Waals surface area contributed by atoms with Crippen molar-refractivity contribution in [3.05, 3.63) is 23.8 Å². The normalized spacial score (nSPS) is 41.8. The Bertz CT molecular complexity index is 682. The lowest BCUT2D eigenvalue weighted by Crippen LogP contribution is -2.63. The molecule has 27 heavy (non-hydrogen) atoms. The molecule has 2 bridgehead atoms. The Morgan fingerprint density at radius 2 is 1.96 bits per heavy atom. The number of esters is 2. The Kier molecular flexibility index (Phi) is 5.25. The van der Waals surface area contributed by atoms with Gasteiger partial charge in [-0.1, -0.05) is 12.2 Å². The number of rotatable bonds is 4. The van der Waals surface area contributed by atoms with Crippen LogP contribution in [0.3, 0.4) is 0 Å². The summed E-state index contributed by atoms with van der Waals surface area (Å²) in [5.74, 6) is -1.15. The SMILES string of the molecule is COC(=O)[C@H]1CC[C@@]23CC[C@@H]([C@@](C)(/C=C/C=C(\C)CO)OC2=O)[C@@]3(O)CC1. The number of ether oxygens (including phenoxy) is 2. The van der Waals surface area contributed by atoms with Crippen molar-refractivity contribution in [2.45, 2.75) is 63.6 Å². The van der Waals surface area contributed by atoms with E-state index in [0.717, 1.165) is 5.57 Å². The van der Waals surface area contributed by atoms with Crippen LogP contribution in [0.1, 0.15) is 52.4 Å². The Labute approximate surface area is 160 Å². The summed E-state index contributed by atoms with van der Waals surface area (Å²) in [5.41, 5.74) is -2.22. The molecule has 5 atom stereocenters. The molecule has 0 radical (unpaired) electrons. The molecule has 0 aromatic heterocycles. The third kappa shape index (κ3) is 3.03.